The van der Waals surface area contributed by atoms with Gasteiger partial charge in [-0.05, 0) is 48.3 Å². The van der Waals surface area contributed by atoms with Gasteiger partial charge in [0.1, 0.15) is 11.4 Å². The molecule has 0 aromatic heterocycles. The van der Waals surface area contributed by atoms with Crippen molar-refractivity contribution < 1.29 is 4.74 Å². The summed E-state index contributed by atoms with van der Waals surface area (Å²) in [4.78, 5) is 4.93. The predicted octanol–water partition coefficient (Wildman–Crippen LogP) is 4.88. The molecule has 0 spiro atoms. The number of aliphatic imine (C=N–C) groups is 1. The zero-order chi connectivity index (χ0) is 19.1. The topological polar surface area (TPSA) is 21.6 Å². The normalized spacial score (nSPS) is 15.2. The van der Waals surface area contributed by atoms with E-state index in [2.05, 4.69) is 79.7 Å². The van der Waals surface area contributed by atoms with E-state index in [0.29, 0.717) is 0 Å². The molecular weight excluding hydrogens is 342 g/mol. The van der Waals surface area contributed by atoms with Gasteiger partial charge in [0, 0.05) is 22.6 Å². The highest BCUT2D eigenvalue weighted by Gasteiger charge is 2.21. The van der Waals surface area contributed by atoms with Crippen LogP contribution in [0.1, 0.15) is 31.4 Å². The fraction of sp³-hybridized carbons (Fsp3) is 0.115. The molecule has 0 fully saturated rings. The summed E-state index contributed by atoms with van der Waals surface area (Å²) in [6, 6.07) is 25.4. The van der Waals surface area contributed by atoms with Crippen molar-refractivity contribution in [3.8, 4) is 5.75 Å². The Morgan fingerprint density at radius 2 is 1.39 bits per heavy atom. The molecule has 3 aromatic carbocycles. The fourth-order valence-electron chi connectivity index (χ4n) is 4.05. The first-order chi connectivity index (χ1) is 13.7. The largest absolute Gasteiger partial charge is 0.459 e. The molecule has 0 unspecified atom stereocenters. The van der Waals surface area contributed by atoms with Crippen LogP contribution in [0.5, 0.6) is 5.75 Å². The summed E-state index contributed by atoms with van der Waals surface area (Å²) in [6.07, 6.45) is 2.98. The second-order valence-corrected chi connectivity index (χ2v) is 7.34. The maximum atomic E-state index is 6.23. The molecule has 0 saturated carbocycles. The third-order valence-corrected chi connectivity index (χ3v) is 5.30. The Labute approximate surface area is 164 Å². The molecular formula is C26H21NO. The van der Waals surface area contributed by atoms with Crippen molar-refractivity contribution in [1.82, 2.24) is 0 Å². The Bertz CT molecular complexity index is 1250. The Hall–Kier alpha value is -3.39. The molecule has 0 aliphatic carbocycles. The third-order valence-electron chi connectivity index (χ3n) is 5.30. The lowest BCUT2D eigenvalue weighted by molar-refractivity contribution is 0.422. The number of hydrogen-bond acceptors (Lipinski definition) is 2. The molecule has 2 heterocycles. The van der Waals surface area contributed by atoms with E-state index in [9.17, 15) is 0 Å². The summed E-state index contributed by atoms with van der Waals surface area (Å²) < 4.78 is 6.23. The van der Waals surface area contributed by atoms with Gasteiger partial charge in [-0.2, -0.15) is 0 Å². The van der Waals surface area contributed by atoms with Gasteiger partial charge in [0.05, 0.1) is 0 Å². The summed E-state index contributed by atoms with van der Waals surface area (Å²) in [7, 11) is 0. The molecule has 2 heteroatoms. The van der Waals surface area contributed by atoms with Gasteiger partial charge >= 0.3 is 0 Å². The minimum Gasteiger partial charge on any atom is -0.459 e. The molecule has 0 amide bonds. The maximum absolute atomic E-state index is 6.23. The number of ether oxygens (including phenoxy) is 1. The summed E-state index contributed by atoms with van der Waals surface area (Å²) >= 11 is 0. The van der Waals surface area contributed by atoms with Gasteiger partial charge in [0.2, 0.25) is 0 Å². The van der Waals surface area contributed by atoms with E-state index in [1.54, 1.807) is 0 Å². The van der Waals surface area contributed by atoms with Gasteiger partial charge in [-0.3, -0.25) is 4.99 Å². The average Bonchev–Trinajstić information content (AvgIpc) is 2.74. The van der Waals surface area contributed by atoms with Crippen LogP contribution in [0.15, 0.2) is 89.6 Å². The van der Waals surface area contributed by atoms with E-state index < -0.39 is 0 Å². The van der Waals surface area contributed by atoms with Crippen LogP contribution in [-0.4, -0.2) is 5.71 Å². The van der Waals surface area contributed by atoms with Gasteiger partial charge in [-0.15, -0.1) is 0 Å². The molecule has 0 saturated heterocycles. The van der Waals surface area contributed by atoms with Crippen LogP contribution >= 0.6 is 0 Å². The van der Waals surface area contributed by atoms with Gasteiger partial charge < -0.3 is 4.74 Å². The molecule has 0 radical (unpaired) electrons. The standard InChI is InChI=1S/C26H21NO/c1-17-15-23(19-9-5-3-6-10-19)21-13-14-22-24(20-11-7-4-8-12-20)16-18(2)28-26(22)25(21)27-17/h3-14,16H,15H2,1-2H3. The van der Waals surface area contributed by atoms with Crippen LogP contribution in [0.4, 0.5) is 5.69 Å². The number of nitrogens with zero attached hydrogens (tertiary/aromatic N) is 1. The van der Waals surface area contributed by atoms with Crippen LogP contribution < -0.4 is 15.2 Å². The second kappa shape index (κ2) is 6.65. The highest BCUT2D eigenvalue weighted by atomic mass is 16.5. The molecule has 2 aliphatic rings. The third kappa shape index (κ3) is 2.78. The summed E-state index contributed by atoms with van der Waals surface area (Å²) in [6.45, 7) is 4.10. The van der Waals surface area contributed by atoms with E-state index in [1.165, 1.54) is 22.3 Å². The zero-order valence-corrected chi connectivity index (χ0v) is 16.1. The Kier molecular flexibility index (Phi) is 3.98. The average molecular weight is 363 g/mol. The van der Waals surface area contributed by atoms with Crippen molar-refractivity contribution in [3.05, 3.63) is 106 Å². The molecule has 2 aliphatic heterocycles. The van der Waals surface area contributed by atoms with Crippen molar-refractivity contribution in [2.75, 3.05) is 0 Å². The molecule has 0 N–H and O–H groups in total. The van der Waals surface area contributed by atoms with Gasteiger partial charge in [-0.1, -0.05) is 66.7 Å². The number of rotatable bonds is 2. The lowest BCUT2D eigenvalue weighted by Gasteiger charge is -2.21. The lowest BCUT2D eigenvalue weighted by Crippen LogP contribution is -2.23. The van der Waals surface area contributed by atoms with Crippen LogP contribution in [0, 0.1) is 0 Å². The quantitative estimate of drug-likeness (QED) is 0.636. The molecule has 3 aromatic rings. The minimum atomic E-state index is 0.861. The van der Waals surface area contributed by atoms with E-state index in [1.807, 2.05) is 13.0 Å². The van der Waals surface area contributed by atoms with Crippen LogP contribution in [0.2, 0.25) is 0 Å². The van der Waals surface area contributed by atoms with Gasteiger partial charge in [0.25, 0.3) is 0 Å². The first-order valence-corrected chi connectivity index (χ1v) is 9.62. The molecule has 0 bridgehead atoms. The first-order valence-electron chi connectivity index (χ1n) is 9.62. The van der Waals surface area contributed by atoms with Crippen molar-refractivity contribution in [2.45, 2.75) is 20.3 Å². The lowest BCUT2D eigenvalue weighted by atomic mass is 9.93. The van der Waals surface area contributed by atoms with Crippen molar-refractivity contribution >= 4 is 22.5 Å². The molecule has 5 rings (SSSR count). The first kappa shape index (κ1) is 16.8. The SMILES string of the molecule is CC1=CC(c2ccccc2)=c2ccc3c(c2O1)N=C(C)CC=3c1ccccc1. The van der Waals surface area contributed by atoms with E-state index >= 15 is 0 Å². The summed E-state index contributed by atoms with van der Waals surface area (Å²) in [5, 5.41) is 2.26. The minimum absolute atomic E-state index is 0.861. The molecule has 0 atom stereocenters. The highest BCUT2D eigenvalue weighted by molar-refractivity contribution is 5.98. The number of hydrogen-bond donors (Lipinski definition) is 0. The summed E-state index contributed by atoms with van der Waals surface area (Å²) in [5.74, 6) is 1.75. The second-order valence-electron chi connectivity index (χ2n) is 7.34. The van der Waals surface area contributed by atoms with Gasteiger partial charge in [0.15, 0.2) is 5.75 Å². The number of benzene rings is 3. The molecule has 28 heavy (non-hydrogen) atoms. The van der Waals surface area contributed by atoms with Crippen molar-refractivity contribution in [3.63, 3.8) is 0 Å². The van der Waals surface area contributed by atoms with E-state index in [-0.39, 0.29) is 0 Å². The maximum Gasteiger partial charge on any atom is 0.160 e. The van der Waals surface area contributed by atoms with Crippen molar-refractivity contribution in [1.29, 1.82) is 0 Å². The highest BCUT2D eigenvalue weighted by Crippen LogP contribution is 2.32. The fourth-order valence-corrected chi connectivity index (χ4v) is 4.05. The van der Waals surface area contributed by atoms with Crippen molar-refractivity contribution in [2.24, 2.45) is 4.99 Å². The number of fused-ring (bicyclic) bond motifs is 3. The van der Waals surface area contributed by atoms with Crippen LogP contribution in [0.3, 0.4) is 0 Å². The van der Waals surface area contributed by atoms with E-state index in [0.717, 1.165) is 39.8 Å². The van der Waals surface area contributed by atoms with Crippen LogP contribution in [0.25, 0.3) is 11.1 Å². The molecule has 2 nitrogen and oxygen atoms in total. The summed E-state index contributed by atoms with van der Waals surface area (Å²) in [5.41, 5.74) is 6.98. The Balaban J connectivity index is 1.86. The van der Waals surface area contributed by atoms with E-state index in [4.69, 9.17) is 9.73 Å². The molecule has 136 valence electrons. The smallest absolute Gasteiger partial charge is 0.160 e. The van der Waals surface area contributed by atoms with Crippen LogP contribution in [-0.2, 0) is 0 Å². The zero-order valence-electron chi connectivity index (χ0n) is 16.1. The predicted molar refractivity (Wildman–Crippen MR) is 115 cm³/mol. The Morgan fingerprint density at radius 3 is 2.11 bits per heavy atom. The monoisotopic (exact) mass is 363 g/mol. The Morgan fingerprint density at radius 1 is 0.750 bits per heavy atom. The number of allylic oxidation sites excluding steroid dienone is 2. The van der Waals surface area contributed by atoms with Gasteiger partial charge in [-0.25, -0.2) is 0 Å².